The Bertz CT molecular complexity index is 667. The Morgan fingerprint density at radius 1 is 1.43 bits per heavy atom. The summed E-state index contributed by atoms with van der Waals surface area (Å²) in [7, 11) is 0. The molecule has 1 heterocycles. The van der Waals surface area contributed by atoms with Gasteiger partial charge in [0.05, 0.1) is 17.7 Å². The molecule has 0 aliphatic carbocycles. The first-order valence-electron chi connectivity index (χ1n) is 6.83. The number of nitrogens with zero attached hydrogens (tertiary/aromatic N) is 3. The second kappa shape index (κ2) is 9.15. The average Bonchev–Trinajstić information content (AvgIpc) is 3.04. The van der Waals surface area contributed by atoms with Crippen LogP contribution in [-0.2, 0) is 0 Å². The van der Waals surface area contributed by atoms with Gasteiger partial charge in [-0.3, -0.25) is 0 Å². The molecule has 8 heteroatoms. The fourth-order valence-corrected chi connectivity index (χ4v) is 3.22. The van der Waals surface area contributed by atoms with E-state index in [1.165, 1.54) is 23.1 Å². The number of nitriles is 1. The van der Waals surface area contributed by atoms with Crippen molar-refractivity contribution in [2.24, 2.45) is 0 Å². The molecule has 0 amide bonds. The monoisotopic (exact) mass is 348 g/mol. The number of thioether (sulfide) groups is 1. The molecule has 2 N–H and O–H groups in total. The lowest BCUT2D eigenvalue weighted by Crippen LogP contribution is -2.20. The summed E-state index contributed by atoms with van der Waals surface area (Å²) in [5.74, 6) is 1.09. The molecule has 0 aliphatic rings. The first-order chi connectivity index (χ1) is 11.2. The first-order valence-corrected chi connectivity index (χ1v) is 8.63. The molecule has 120 valence electrons. The predicted octanol–water partition coefficient (Wildman–Crippen LogP) is 2.54. The third kappa shape index (κ3) is 5.90. The molecular weight excluding hydrogens is 332 g/mol. The molecule has 23 heavy (non-hydrogen) atoms. The number of hydrogen-bond donors (Lipinski definition) is 2. The van der Waals surface area contributed by atoms with Crippen molar-refractivity contribution in [2.45, 2.75) is 10.4 Å². The molecule has 0 radical (unpaired) electrons. The van der Waals surface area contributed by atoms with E-state index < -0.39 is 6.10 Å². The molecule has 2 aromatic rings. The summed E-state index contributed by atoms with van der Waals surface area (Å²) in [5, 5.41) is 30.5. The fraction of sp³-hybridized carbons (Fsp3) is 0.267. The molecule has 2 rings (SSSR count). The van der Waals surface area contributed by atoms with Crippen LogP contribution in [0.2, 0.25) is 0 Å². The number of aliphatic hydroxyl groups is 1. The largest absolute Gasteiger partial charge is 0.491 e. The fourth-order valence-electron chi connectivity index (χ4n) is 1.53. The Morgan fingerprint density at radius 3 is 2.91 bits per heavy atom. The third-order valence-electron chi connectivity index (χ3n) is 2.63. The second-order valence-electron chi connectivity index (χ2n) is 4.45. The summed E-state index contributed by atoms with van der Waals surface area (Å²) in [6.07, 6.45) is 1.13. The van der Waals surface area contributed by atoms with E-state index >= 15 is 0 Å². The van der Waals surface area contributed by atoms with E-state index in [-0.39, 0.29) is 6.61 Å². The molecule has 0 saturated heterocycles. The molecular formula is C15H16N4O2S2. The predicted molar refractivity (Wildman–Crippen MR) is 92.0 cm³/mol. The van der Waals surface area contributed by atoms with E-state index in [4.69, 9.17) is 10.00 Å². The van der Waals surface area contributed by atoms with Crippen LogP contribution in [0.4, 0.5) is 5.13 Å². The Hall–Kier alpha value is -2.08. The zero-order valence-electron chi connectivity index (χ0n) is 12.3. The van der Waals surface area contributed by atoms with Crippen molar-refractivity contribution < 1.29 is 9.84 Å². The van der Waals surface area contributed by atoms with E-state index in [9.17, 15) is 5.11 Å². The van der Waals surface area contributed by atoms with E-state index in [2.05, 4.69) is 22.1 Å². The highest BCUT2D eigenvalue weighted by Gasteiger charge is 2.10. The highest BCUT2D eigenvalue weighted by molar-refractivity contribution is 8.01. The summed E-state index contributed by atoms with van der Waals surface area (Å²) >= 11 is 2.86. The molecule has 1 aromatic heterocycles. The minimum atomic E-state index is -0.621. The lowest BCUT2D eigenvalue weighted by atomic mass is 10.2. The summed E-state index contributed by atoms with van der Waals surface area (Å²) in [5.41, 5.74) is 0.575. The molecule has 0 saturated carbocycles. The average molecular weight is 348 g/mol. The number of hydrogen-bond acceptors (Lipinski definition) is 8. The number of ether oxygens (including phenoxy) is 1. The molecule has 0 spiro atoms. The zero-order valence-corrected chi connectivity index (χ0v) is 13.9. The van der Waals surface area contributed by atoms with Crippen molar-refractivity contribution in [3.63, 3.8) is 0 Å². The summed E-state index contributed by atoms with van der Waals surface area (Å²) in [6, 6.07) is 8.81. The van der Waals surface area contributed by atoms with Gasteiger partial charge in [0.25, 0.3) is 0 Å². The molecule has 6 nitrogen and oxygen atoms in total. The molecule has 0 fully saturated rings. The van der Waals surface area contributed by atoms with Gasteiger partial charge in [0.2, 0.25) is 5.13 Å². The van der Waals surface area contributed by atoms with Crippen LogP contribution in [0.15, 0.2) is 41.3 Å². The van der Waals surface area contributed by atoms with Crippen molar-refractivity contribution >= 4 is 28.2 Å². The van der Waals surface area contributed by atoms with Crippen LogP contribution in [0.1, 0.15) is 5.56 Å². The van der Waals surface area contributed by atoms with Crippen molar-refractivity contribution in [3.05, 3.63) is 42.5 Å². The van der Waals surface area contributed by atoms with Gasteiger partial charge in [0.15, 0.2) is 4.34 Å². The number of nitrogens with one attached hydrogen (secondary N) is 1. The Balaban J connectivity index is 1.72. The molecule has 1 unspecified atom stereocenters. The maximum Gasteiger partial charge on any atom is 0.206 e. The Morgan fingerprint density at radius 2 is 2.22 bits per heavy atom. The van der Waals surface area contributed by atoms with Gasteiger partial charge >= 0.3 is 0 Å². The smallest absolute Gasteiger partial charge is 0.206 e. The summed E-state index contributed by atoms with van der Waals surface area (Å²) < 4.78 is 6.27. The van der Waals surface area contributed by atoms with E-state index in [1.54, 1.807) is 30.3 Å². The van der Waals surface area contributed by atoms with Gasteiger partial charge < -0.3 is 15.2 Å². The Kier molecular flexibility index (Phi) is 6.87. The van der Waals surface area contributed by atoms with Crippen LogP contribution >= 0.6 is 23.1 Å². The topological polar surface area (TPSA) is 91.1 Å². The number of anilines is 1. The summed E-state index contributed by atoms with van der Waals surface area (Å²) in [4.78, 5) is 0. The molecule has 1 atom stereocenters. The summed E-state index contributed by atoms with van der Waals surface area (Å²) in [6.45, 7) is 4.44. The van der Waals surface area contributed by atoms with Gasteiger partial charge in [-0.25, -0.2) is 0 Å². The van der Waals surface area contributed by atoms with Crippen molar-refractivity contribution in [1.82, 2.24) is 10.2 Å². The van der Waals surface area contributed by atoms with Crippen LogP contribution in [0.5, 0.6) is 5.75 Å². The third-order valence-corrected chi connectivity index (χ3v) is 4.79. The normalized spacial score (nSPS) is 11.5. The van der Waals surface area contributed by atoms with Crippen LogP contribution < -0.4 is 10.1 Å². The number of aliphatic hydroxyl groups excluding tert-OH is 1. The van der Waals surface area contributed by atoms with E-state index in [1.807, 2.05) is 6.07 Å². The molecule has 0 bridgehead atoms. The highest BCUT2D eigenvalue weighted by atomic mass is 32.2. The van der Waals surface area contributed by atoms with Crippen molar-refractivity contribution in [1.29, 1.82) is 5.26 Å². The zero-order chi connectivity index (χ0) is 16.5. The van der Waals surface area contributed by atoms with Crippen LogP contribution in [-0.4, -0.2) is 40.3 Å². The lowest BCUT2D eigenvalue weighted by Gasteiger charge is -2.11. The van der Waals surface area contributed by atoms with Gasteiger partial charge in [-0.2, -0.15) is 5.26 Å². The maximum absolute atomic E-state index is 9.95. The SMILES string of the molecule is C=CCNc1nnc(SCC(O)COc2ccc(C#N)cc2)s1. The van der Waals surface area contributed by atoms with Crippen LogP contribution in [0.3, 0.4) is 0 Å². The van der Waals surface area contributed by atoms with Gasteiger partial charge in [0, 0.05) is 12.3 Å². The van der Waals surface area contributed by atoms with Crippen molar-refractivity contribution in [3.8, 4) is 11.8 Å². The van der Waals surface area contributed by atoms with Crippen LogP contribution in [0.25, 0.3) is 0 Å². The maximum atomic E-state index is 9.95. The molecule has 0 aliphatic heterocycles. The number of benzene rings is 1. The number of rotatable bonds is 9. The highest BCUT2D eigenvalue weighted by Crippen LogP contribution is 2.26. The number of aromatic nitrogens is 2. The Labute approximate surface area is 142 Å². The van der Waals surface area contributed by atoms with E-state index in [0.29, 0.717) is 23.6 Å². The molecule has 1 aromatic carbocycles. The second-order valence-corrected chi connectivity index (χ2v) is 6.70. The minimum absolute atomic E-state index is 0.180. The first kappa shape index (κ1) is 17.3. The lowest BCUT2D eigenvalue weighted by molar-refractivity contribution is 0.126. The van der Waals surface area contributed by atoms with Crippen LogP contribution in [0, 0.1) is 11.3 Å². The standard InChI is InChI=1S/C15H16N4O2S2/c1-2-7-17-14-18-19-15(23-14)22-10-12(20)9-21-13-5-3-11(8-16)4-6-13/h2-6,12,20H,1,7,9-10H2,(H,17,18). The van der Waals surface area contributed by atoms with Crippen molar-refractivity contribution in [2.75, 3.05) is 24.2 Å². The van der Waals surface area contributed by atoms with E-state index in [0.717, 1.165) is 9.47 Å². The van der Waals surface area contributed by atoms with Gasteiger partial charge in [-0.1, -0.05) is 29.2 Å². The quantitative estimate of drug-likeness (QED) is 0.531. The van der Waals surface area contributed by atoms with Gasteiger partial charge in [-0.15, -0.1) is 16.8 Å². The van der Waals surface area contributed by atoms with Gasteiger partial charge in [0.1, 0.15) is 12.4 Å². The van der Waals surface area contributed by atoms with Gasteiger partial charge in [-0.05, 0) is 24.3 Å². The minimum Gasteiger partial charge on any atom is -0.491 e.